The van der Waals surface area contributed by atoms with Crippen molar-refractivity contribution in [2.24, 2.45) is 0 Å². The molecule has 216 valence electrons. The molecule has 0 unspecified atom stereocenters. The van der Waals surface area contributed by atoms with E-state index in [4.69, 9.17) is 16.7 Å². The van der Waals surface area contributed by atoms with Crippen LogP contribution in [0.5, 0.6) is 5.75 Å². The van der Waals surface area contributed by atoms with E-state index in [1.807, 2.05) is 0 Å². The van der Waals surface area contributed by atoms with Crippen molar-refractivity contribution < 1.29 is 42.9 Å². The Balaban J connectivity index is 1.60. The van der Waals surface area contributed by atoms with Crippen molar-refractivity contribution >= 4 is 57.0 Å². The minimum Gasteiger partial charge on any atom is -0.507 e. The molecule has 0 bridgehead atoms. The first kappa shape index (κ1) is 31.5. The topological polar surface area (TPSA) is 213 Å². The highest BCUT2D eigenvalue weighted by Gasteiger charge is 2.25. The molecule has 0 aliphatic carbocycles. The van der Waals surface area contributed by atoms with Gasteiger partial charge in [0, 0.05) is 10.8 Å². The number of thioether (sulfide) groups is 1. The van der Waals surface area contributed by atoms with Gasteiger partial charge in [0.1, 0.15) is 17.0 Å². The minimum absolute atomic E-state index is 0.0802. The van der Waals surface area contributed by atoms with E-state index >= 15 is 0 Å². The van der Waals surface area contributed by atoms with Crippen molar-refractivity contribution in [3.8, 4) is 5.75 Å². The normalized spacial score (nSPS) is 11.9. The number of aromatic hydroxyl groups is 1. The molecule has 0 aliphatic rings. The summed E-state index contributed by atoms with van der Waals surface area (Å²) in [5, 5.41) is 30.7. The second-order valence-corrected chi connectivity index (χ2v) is 11.5. The highest BCUT2D eigenvalue weighted by Crippen LogP contribution is 2.22. The Morgan fingerprint density at radius 1 is 1.02 bits per heavy atom. The van der Waals surface area contributed by atoms with Crippen molar-refractivity contribution in [3.63, 3.8) is 0 Å². The van der Waals surface area contributed by atoms with Crippen LogP contribution in [-0.2, 0) is 31.9 Å². The summed E-state index contributed by atoms with van der Waals surface area (Å²) in [6.45, 7) is -0.372. The molecule has 1 atom stereocenters. The van der Waals surface area contributed by atoms with Gasteiger partial charge in [0.2, 0.25) is 10.0 Å². The number of aromatic carboxylic acids is 1. The number of aliphatic carboxylic acids is 1. The number of amides is 1. The van der Waals surface area contributed by atoms with Crippen LogP contribution in [0.1, 0.15) is 38.5 Å². The molecule has 0 radical (unpaired) electrons. The number of carbonyl (C=O) groups is 4. The van der Waals surface area contributed by atoms with E-state index in [1.54, 1.807) is 24.3 Å². The Kier molecular flexibility index (Phi) is 10.8. The number of aromatic nitrogens is 2. The van der Waals surface area contributed by atoms with Gasteiger partial charge in [-0.3, -0.25) is 19.4 Å². The van der Waals surface area contributed by atoms with E-state index in [0.717, 1.165) is 36.2 Å². The van der Waals surface area contributed by atoms with Gasteiger partial charge in [-0.05, 0) is 29.8 Å². The number of nitrogens with zero attached hydrogens (tertiary/aromatic N) is 2. The van der Waals surface area contributed by atoms with E-state index in [-0.39, 0.29) is 23.7 Å². The molecule has 41 heavy (non-hydrogen) atoms. The van der Waals surface area contributed by atoms with Crippen LogP contribution in [0.25, 0.3) is 0 Å². The maximum atomic E-state index is 12.7. The summed E-state index contributed by atoms with van der Waals surface area (Å²) in [5.74, 6) is -4.45. The lowest BCUT2D eigenvalue weighted by molar-refractivity contribution is -0.139. The van der Waals surface area contributed by atoms with Crippen molar-refractivity contribution in [3.05, 3.63) is 82.4 Å². The van der Waals surface area contributed by atoms with Crippen LogP contribution in [0.2, 0.25) is 5.02 Å². The lowest BCUT2D eigenvalue weighted by Crippen LogP contribution is -2.43. The molecule has 13 nitrogen and oxygen atoms in total. The molecular formula is C25H23ClN4O9S2. The van der Waals surface area contributed by atoms with Gasteiger partial charge in [-0.25, -0.2) is 22.9 Å². The van der Waals surface area contributed by atoms with Crippen LogP contribution in [0.3, 0.4) is 0 Å². The number of Topliss-reactive ketones (excluding diaryl/α,β-unsaturated/α-hetero) is 1. The van der Waals surface area contributed by atoms with Gasteiger partial charge in [-0.15, -0.1) is 11.8 Å². The maximum absolute atomic E-state index is 12.7. The quantitative estimate of drug-likeness (QED) is 0.175. The molecule has 0 saturated heterocycles. The minimum atomic E-state index is -4.20. The predicted octanol–water partition coefficient (Wildman–Crippen LogP) is 2.09. The number of rotatable bonds is 14. The molecule has 2 aromatic carbocycles. The van der Waals surface area contributed by atoms with Gasteiger partial charge >= 0.3 is 11.9 Å². The first-order valence-corrected chi connectivity index (χ1v) is 14.6. The summed E-state index contributed by atoms with van der Waals surface area (Å²) < 4.78 is 27.3. The molecule has 1 aromatic heterocycles. The zero-order valence-electron chi connectivity index (χ0n) is 21.0. The summed E-state index contributed by atoms with van der Waals surface area (Å²) in [6, 6.07) is 8.50. The third-order valence-corrected chi connectivity index (χ3v) is 8.19. The summed E-state index contributed by atoms with van der Waals surface area (Å²) in [6.07, 6.45) is 1.48. The molecular weight excluding hydrogens is 600 g/mol. The molecule has 3 rings (SSSR count). The van der Waals surface area contributed by atoms with Gasteiger partial charge in [0.25, 0.3) is 5.91 Å². The summed E-state index contributed by atoms with van der Waals surface area (Å²) in [5.41, 5.74) is 0.0584. The van der Waals surface area contributed by atoms with Crippen molar-refractivity contribution in [2.75, 3.05) is 5.75 Å². The number of benzene rings is 2. The molecule has 5 N–H and O–H groups in total. The lowest BCUT2D eigenvalue weighted by Gasteiger charge is -2.15. The molecule has 0 fully saturated rings. The number of halogens is 1. The zero-order valence-corrected chi connectivity index (χ0v) is 23.4. The van der Waals surface area contributed by atoms with E-state index in [0.29, 0.717) is 10.8 Å². The van der Waals surface area contributed by atoms with E-state index in [1.165, 1.54) is 11.8 Å². The van der Waals surface area contributed by atoms with Crippen LogP contribution in [0.15, 0.2) is 59.8 Å². The molecule has 16 heteroatoms. The Morgan fingerprint density at radius 3 is 2.39 bits per heavy atom. The van der Waals surface area contributed by atoms with Crippen LogP contribution in [-0.4, -0.2) is 69.1 Å². The Bertz CT molecular complexity index is 1570. The second-order valence-electron chi connectivity index (χ2n) is 8.38. The zero-order chi connectivity index (χ0) is 30.2. The Hall–Kier alpha value is -4.05. The van der Waals surface area contributed by atoms with Gasteiger partial charge in [0.15, 0.2) is 5.78 Å². The summed E-state index contributed by atoms with van der Waals surface area (Å²) in [7, 11) is -4.20. The Morgan fingerprint density at radius 2 is 1.76 bits per heavy atom. The number of nitrogens with one attached hydrogen (secondary N) is 2. The maximum Gasteiger partial charge on any atom is 0.339 e. The third kappa shape index (κ3) is 8.97. The molecule has 1 amide bonds. The fourth-order valence-corrected chi connectivity index (χ4v) is 5.58. The number of phenols is 1. The summed E-state index contributed by atoms with van der Waals surface area (Å²) in [4.78, 5) is 55.2. The van der Waals surface area contributed by atoms with E-state index < -0.39 is 62.3 Å². The smallest absolute Gasteiger partial charge is 0.339 e. The number of carbonyl (C=O) groups excluding carboxylic acids is 2. The standard InChI is InChI=1S/C25H23ClN4O9S2/c26-18-4-2-1-3-14(18)12-40-13-22(32)19(8-23(33)34)30-24(35)20-11-27-15(9-28-20)10-29-41(38,39)16-5-6-21(31)17(7-16)25(36)37/h1-7,9,11,19,29,31H,8,10,12-13H2,(H,30,35)(H,33,34)(H,36,37)/t19-/m0/s1. The number of hydrogen-bond acceptors (Lipinski definition) is 10. The Labute approximate surface area is 243 Å². The largest absolute Gasteiger partial charge is 0.507 e. The number of sulfonamides is 1. The monoisotopic (exact) mass is 622 g/mol. The highest BCUT2D eigenvalue weighted by molar-refractivity contribution is 7.99. The average Bonchev–Trinajstić information content (AvgIpc) is 2.92. The van der Waals surface area contributed by atoms with Crippen LogP contribution in [0, 0.1) is 0 Å². The molecule has 1 heterocycles. The van der Waals surface area contributed by atoms with Crippen molar-refractivity contribution in [1.82, 2.24) is 20.0 Å². The van der Waals surface area contributed by atoms with Gasteiger partial charge in [-0.2, -0.15) is 0 Å². The van der Waals surface area contributed by atoms with E-state index in [9.17, 15) is 37.8 Å². The fourth-order valence-electron chi connectivity index (χ4n) is 3.30. The van der Waals surface area contributed by atoms with Gasteiger partial charge in [0.05, 0.1) is 47.7 Å². The summed E-state index contributed by atoms with van der Waals surface area (Å²) >= 11 is 7.32. The van der Waals surface area contributed by atoms with Crippen molar-refractivity contribution in [1.29, 1.82) is 0 Å². The van der Waals surface area contributed by atoms with E-state index in [2.05, 4.69) is 20.0 Å². The molecule has 0 spiro atoms. The number of carboxylic acids is 2. The predicted molar refractivity (Wildman–Crippen MR) is 147 cm³/mol. The number of carboxylic acid groups (broad SMARTS) is 2. The number of hydrogen-bond donors (Lipinski definition) is 5. The van der Waals surface area contributed by atoms with Crippen molar-refractivity contribution in [2.45, 2.75) is 29.7 Å². The first-order valence-electron chi connectivity index (χ1n) is 11.6. The SMILES string of the molecule is O=C(O)C[C@H](NC(=O)c1cnc(CNS(=O)(=O)c2ccc(O)c(C(=O)O)c2)cn1)C(=O)CSCc1ccccc1Cl. The van der Waals surface area contributed by atoms with Crippen LogP contribution < -0.4 is 10.0 Å². The van der Waals surface area contributed by atoms with Gasteiger partial charge in [-0.1, -0.05) is 29.8 Å². The van der Waals surface area contributed by atoms with Crippen LogP contribution in [0.4, 0.5) is 0 Å². The molecule has 0 aliphatic heterocycles. The number of ketones is 1. The molecule has 3 aromatic rings. The first-order chi connectivity index (χ1) is 19.4. The fraction of sp³-hybridized carbons (Fsp3) is 0.200. The average molecular weight is 623 g/mol. The van der Waals surface area contributed by atoms with Gasteiger partial charge < -0.3 is 20.6 Å². The highest BCUT2D eigenvalue weighted by atomic mass is 35.5. The second kappa shape index (κ2) is 14.0. The van der Waals surface area contributed by atoms with Crippen LogP contribution >= 0.6 is 23.4 Å². The third-order valence-electron chi connectivity index (χ3n) is 5.42. The lowest BCUT2D eigenvalue weighted by atomic mass is 10.1. The molecule has 0 saturated carbocycles.